The predicted molar refractivity (Wildman–Crippen MR) is 128 cm³/mol. The van der Waals surface area contributed by atoms with Crippen LogP contribution in [0.25, 0.3) is 0 Å². The lowest BCUT2D eigenvalue weighted by molar-refractivity contribution is 0.250. The fourth-order valence-corrected chi connectivity index (χ4v) is 2.75. The Morgan fingerprint density at radius 1 is 1.13 bits per heavy atom. The van der Waals surface area contributed by atoms with E-state index in [0.717, 1.165) is 35.1 Å². The molecule has 0 aliphatic carbocycles. The quantitative estimate of drug-likeness (QED) is 0.264. The predicted octanol–water partition coefficient (Wildman–Crippen LogP) is 4.04. The fourth-order valence-electron chi connectivity index (χ4n) is 2.75. The zero-order valence-electron chi connectivity index (χ0n) is 18.6. The molecule has 0 bridgehead atoms. The second-order valence-electron chi connectivity index (χ2n) is 7.21. The molecule has 7 heteroatoms. The van der Waals surface area contributed by atoms with E-state index in [2.05, 4.69) is 32.8 Å². The van der Waals surface area contributed by atoms with E-state index in [4.69, 9.17) is 4.74 Å². The van der Waals surface area contributed by atoms with Gasteiger partial charge in [0.25, 0.3) is 0 Å². The number of urea groups is 1. The second-order valence-corrected chi connectivity index (χ2v) is 7.21. The summed E-state index contributed by atoms with van der Waals surface area (Å²) < 4.78 is 5.71. The largest absolute Gasteiger partial charge is 0.489 e. The van der Waals surface area contributed by atoms with Gasteiger partial charge in [-0.2, -0.15) is 0 Å². The van der Waals surface area contributed by atoms with Gasteiger partial charge in [-0.25, -0.2) is 9.79 Å². The topological polar surface area (TPSA) is 86.8 Å². The number of para-hydroxylation sites is 1. The molecule has 166 valence electrons. The molecule has 0 saturated heterocycles. The lowest BCUT2D eigenvalue weighted by Crippen LogP contribution is -2.36. The molecule has 0 radical (unpaired) electrons. The Kier molecular flexibility index (Phi) is 9.94. The summed E-state index contributed by atoms with van der Waals surface area (Å²) in [6, 6.07) is 15.4. The summed E-state index contributed by atoms with van der Waals surface area (Å²) in [4.78, 5) is 16.4. The number of hydrogen-bond donors (Lipinski definition) is 4. The van der Waals surface area contributed by atoms with Crippen LogP contribution >= 0.6 is 0 Å². The molecule has 0 heterocycles. The molecule has 0 atom stereocenters. The third kappa shape index (κ3) is 8.82. The van der Waals surface area contributed by atoms with Gasteiger partial charge in [0, 0.05) is 30.4 Å². The molecule has 0 unspecified atom stereocenters. The Labute approximate surface area is 185 Å². The summed E-state index contributed by atoms with van der Waals surface area (Å²) in [5, 5.41) is 12.2. The maximum atomic E-state index is 11.8. The van der Waals surface area contributed by atoms with Crippen LogP contribution in [0.15, 0.2) is 66.2 Å². The van der Waals surface area contributed by atoms with Gasteiger partial charge in [0.05, 0.1) is 6.54 Å². The normalized spacial score (nSPS) is 11.0. The van der Waals surface area contributed by atoms with Crippen LogP contribution in [0.1, 0.15) is 31.9 Å². The molecule has 0 aliphatic heterocycles. The van der Waals surface area contributed by atoms with Gasteiger partial charge in [0.2, 0.25) is 0 Å². The number of ether oxygens (including phenoxy) is 1. The highest BCUT2D eigenvalue weighted by Gasteiger charge is 2.05. The van der Waals surface area contributed by atoms with Crippen molar-refractivity contribution < 1.29 is 9.53 Å². The lowest BCUT2D eigenvalue weighted by atomic mass is 10.2. The van der Waals surface area contributed by atoms with E-state index in [1.165, 1.54) is 0 Å². The first kappa shape index (κ1) is 23.8. The number of hydrogen-bond acceptors (Lipinski definition) is 3. The number of nitrogens with one attached hydrogen (secondary N) is 4. The van der Waals surface area contributed by atoms with E-state index in [1.807, 2.05) is 69.3 Å². The van der Waals surface area contributed by atoms with Crippen molar-refractivity contribution in [2.24, 2.45) is 4.99 Å². The molecule has 0 spiro atoms. The van der Waals surface area contributed by atoms with E-state index < -0.39 is 0 Å². The van der Waals surface area contributed by atoms with Crippen molar-refractivity contribution in [1.29, 1.82) is 0 Å². The number of benzene rings is 2. The van der Waals surface area contributed by atoms with Crippen molar-refractivity contribution in [2.75, 3.05) is 18.5 Å². The van der Waals surface area contributed by atoms with E-state index in [-0.39, 0.29) is 12.1 Å². The highest BCUT2D eigenvalue weighted by molar-refractivity contribution is 5.89. The Bertz CT molecular complexity index is 863. The van der Waals surface area contributed by atoms with E-state index in [1.54, 1.807) is 6.08 Å². The summed E-state index contributed by atoms with van der Waals surface area (Å²) in [5.74, 6) is 1.55. The van der Waals surface area contributed by atoms with Crippen LogP contribution < -0.4 is 26.0 Å². The minimum atomic E-state index is -0.211. The SMILES string of the molecule is C=CCOc1ccccc1CNC(=NCc1ccc(NC(=O)NC(C)C)cc1)NCC. The molecule has 0 saturated carbocycles. The highest BCUT2D eigenvalue weighted by atomic mass is 16.5. The van der Waals surface area contributed by atoms with E-state index in [0.29, 0.717) is 19.7 Å². The molecule has 7 nitrogen and oxygen atoms in total. The second kappa shape index (κ2) is 13.0. The summed E-state index contributed by atoms with van der Waals surface area (Å²) in [6.45, 7) is 11.9. The number of carbonyl (C=O) groups excluding carboxylic acids is 1. The maximum absolute atomic E-state index is 11.8. The van der Waals surface area contributed by atoms with Crippen molar-refractivity contribution in [3.63, 3.8) is 0 Å². The van der Waals surface area contributed by atoms with Gasteiger partial charge in [0.15, 0.2) is 5.96 Å². The van der Waals surface area contributed by atoms with E-state index in [9.17, 15) is 4.79 Å². The summed E-state index contributed by atoms with van der Waals surface area (Å²) in [6.07, 6.45) is 1.73. The number of amides is 2. The van der Waals surface area contributed by atoms with E-state index >= 15 is 0 Å². The molecule has 2 rings (SSSR count). The summed E-state index contributed by atoms with van der Waals surface area (Å²) in [7, 11) is 0. The van der Waals surface area contributed by atoms with Gasteiger partial charge in [-0.3, -0.25) is 0 Å². The van der Waals surface area contributed by atoms with Gasteiger partial charge >= 0.3 is 6.03 Å². The van der Waals surface area contributed by atoms with Crippen LogP contribution in [0.3, 0.4) is 0 Å². The van der Waals surface area contributed by atoms with Crippen LogP contribution in [0, 0.1) is 0 Å². The first-order valence-corrected chi connectivity index (χ1v) is 10.5. The Morgan fingerprint density at radius 2 is 1.87 bits per heavy atom. The van der Waals surface area contributed by atoms with Crippen molar-refractivity contribution >= 4 is 17.7 Å². The third-order valence-corrected chi connectivity index (χ3v) is 4.17. The van der Waals surface area contributed by atoms with Crippen molar-refractivity contribution in [2.45, 2.75) is 39.9 Å². The first-order chi connectivity index (χ1) is 15.0. The molecule has 4 N–H and O–H groups in total. The number of guanidine groups is 1. The first-order valence-electron chi connectivity index (χ1n) is 10.5. The van der Waals surface area contributed by atoms with Gasteiger partial charge in [0.1, 0.15) is 12.4 Å². The average Bonchev–Trinajstić information content (AvgIpc) is 2.75. The zero-order chi connectivity index (χ0) is 22.5. The molecule has 0 aromatic heterocycles. The third-order valence-electron chi connectivity index (χ3n) is 4.17. The number of nitrogens with zero attached hydrogens (tertiary/aromatic N) is 1. The Hall–Kier alpha value is -3.48. The van der Waals surface area contributed by atoms with Gasteiger partial charge in [-0.15, -0.1) is 0 Å². The smallest absolute Gasteiger partial charge is 0.319 e. The summed E-state index contributed by atoms with van der Waals surface area (Å²) >= 11 is 0. The average molecular weight is 424 g/mol. The van der Waals surface area contributed by atoms with Crippen molar-refractivity contribution in [3.05, 3.63) is 72.3 Å². The minimum absolute atomic E-state index is 0.0890. The molecule has 0 aliphatic rings. The summed E-state index contributed by atoms with van der Waals surface area (Å²) in [5.41, 5.74) is 2.83. The minimum Gasteiger partial charge on any atom is -0.489 e. The number of anilines is 1. The van der Waals surface area contributed by atoms with Crippen LogP contribution in [-0.2, 0) is 13.1 Å². The van der Waals surface area contributed by atoms with Crippen LogP contribution in [-0.4, -0.2) is 31.2 Å². The zero-order valence-corrected chi connectivity index (χ0v) is 18.6. The van der Waals surface area contributed by atoms with Gasteiger partial charge in [-0.05, 0) is 44.5 Å². The highest BCUT2D eigenvalue weighted by Crippen LogP contribution is 2.17. The van der Waals surface area contributed by atoms with Gasteiger partial charge in [-0.1, -0.05) is 43.0 Å². The Balaban J connectivity index is 1.95. The molecule has 31 heavy (non-hydrogen) atoms. The fraction of sp³-hybridized carbons (Fsp3) is 0.333. The molecular formula is C24H33N5O2. The lowest BCUT2D eigenvalue weighted by Gasteiger charge is -2.14. The van der Waals surface area contributed by atoms with Crippen LogP contribution in [0.4, 0.5) is 10.5 Å². The van der Waals surface area contributed by atoms with Crippen molar-refractivity contribution in [3.8, 4) is 5.75 Å². The monoisotopic (exact) mass is 423 g/mol. The molecule has 2 amide bonds. The number of aliphatic imine (C=N–C) groups is 1. The number of rotatable bonds is 10. The van der Waals surface area contributed by atoms with Crippen molar-refractivity contribution in [1.82, 2.24) is 16.0 Å². The molecule has 2 aromatic rings. The van der Waals surface area contributed by atoms with Crippen LogP contribution in [0.2, 0.25) is 0 Å². The van der Waals surface area contributed by atoms with Gasteiger partial charge < -0.3 is 26.0 Å². The standard InChI is InChI=1S/C24H33N5O2/c1-5-15-31-22-10-8-7-9-20(22)17-27-23(25-6-2)26-16-19-11-13-21(14-12-19)29-24(30)28-18(3)4/h5,7-14,18H,1,6,15-17H2,2-4H3,(H2,25,26,27)(H2,28,29,30). The molecule has 0 fully saturated rings. The molecular weight excluding hydrogens is 390 g/mol. The Morgan fingerprint density at radius 3 is 2.55 bits per heavy atom. The number of carbonyl (C=O) groups is 1. The van der Waals surface area contributed by atoms with Crippen LogP contribution in [0.5, 0.6) is 5.75 Å². The maximum Gasteiger partial charge on any atom is 0.319 e. The molecule has 2 aromatic carbocycles.